The molecule has 6 nitrogen and oxygen atoms in total. The highest BCUT2D eigenvalue weighted by Gasteiger charge is 2.16. The Morgan fingerprint density at radius 2 is 1.74 bits per heavy atom. The predicted molar refractivity (Wildman–Crippen MR) is 87.0 cm³/mol. The van der Waals surface area contributed by atoms with Crippen LogP contribution in [0.1, 0.15) is 5.56 Å². The Hall–Kier alpha value is -3.28. The van der Waals surface area contributed by atoms with Gasteiger partial charge in [0.2, 0.25) is 0 Å². The van der Waals surface area contributed by atoms with Crippen molar-refractivity contribution in [1.29, 1.82) is 0 Å². The molecule has 23 heavy (non-hydrogen) atoms. The fraction of sp³-hybridized carbons (Fsp3) is 0.0588. The van der Waals surface area contributed by atoms with Gasteiger partial charge in [-0.05, 0) is 30.2 Å². The molecule has 0 saturated heterocycles. The first kappa shape index (κ1) is 13.4. The highest BCUT2D eigenvalue weighted by atomic mass is 16.2. The van der Waals surface area contributed by atoms with Crippen molar-refractivity contribution in [3.63, 3.8) is 0 Å². The normalized spacial score (nSPS) is 11.0. The van der Waals surface area contributed by atoms with E-state index in [2.05, 4.69) is 20.3 Å². The summed E-state index contributed by atoms with van der Waals surface area (Å²) in [6, 6.07) is 12.0. The number of hydrogen-bond acceptors (Lipinski definition) is 4. The van der Waals surface area contributed by atoms with Crippen molar-refractivity contribution in [1.82, 2.24) is 24.8 Å². The number of aromatic amines is 1. The molecule has 0 amide bonds. The molecule has 0 bridgehead atoms. The maximum absolute atomic E-state index is 11.8. The summed E-state index contributed by atoms with van der Waals surface area (Å²) in [6.07, 6.45) is 5.14. The van der Waals surface area contributed by atoms with Crippen LogP contribution in [-0.4, -0.2) is 24.8 Å². The number of aryl methyl sites for hydroxylation is 1. The first-order valence-corrected chi connectivity index (χ1v) is 7.18. The van der Waals surface area contributed by atoms with E-state index in [-0.39, 0.29) is 5.69 Å². The van der Waals surface area contributed by atoms with Crippen LogP contribution in [0.3, 0.4) is 0 Å². The molecule has 6 heteroatoms. The molecule has 0 fully saturated rings. The lowest BCUT2D eigenvalue weighted by Gasteiger charge is -2.10. The zero-order chi connectivity index (χ0) is 15.8. The third-order valence-corrected chi connectivity index (χ3v) is 3.78. The van der Waals surface area contributed by atoms with Crippen LogP contribution in [0.5, 0.6) is 0 Å². The molecule has 3 heterocycles. The van der Waals surface area contributed by atoms with Gasteiger partial charge in [0.15, 0.2) is 5.65 Å². The van der Waals surface area contributed by atoms with Crippen LogP contribution in [0, 0.1) is 6.92 Å². The van der Waals surface area contributed by atoms with E-state index in [4.69, 9.17) is 0 Å². The molecule has 0 aliphatic rings. The van der Waals surface area contributed by atoms with Crippen LogP contribution in [0.25, 0.3) is 27.9 Å². The largest absolute Gasteiger partial charge is 0.364 e. The molecule has 1 N–H and O–H groups in total. The van der Waals surface area contributed by atoms with Gasteiger partial charge in [-0.2, -0.15) is 14.7 Å². The van der Waals surface area contributed by atoms with Crippen LogP contribution in [-0.2, 0) is 0 Å². The Labute approximate surface area is 131 Å². The summed E-state index contributed by atoms with van der Waals surface area (Å²) >= 11 is 0. The van der Waals surface area contributed by atoms with Crippen LogP contribution < -0.4 is 5.69 Å². The summed E-state index contributed by atoms with van der Waals surface area (Å²) in [5, 5.41) is 10.8. The van der Waals surface area contributed by atoms with Crippen molar-refractivity contribution < 1.29 is 0 Å². The average Bonchev–Trinajstić information content (AvgIpc) is 2.97. The van der Waals surface area contributed by atoms with E-state index in [0.29, 0.717) is 5.65 Å². The fourth-order valence-electron chi connectivity index (χ4n) is 2.62. The van der Waals surface area contributed by atoms with Crippen LogP contribution in [0.2, 0.25) is 0 Å². The summed E-state index contributed by atoms with van der Waals surface area (Å²) in [6.45, 7) is 2.04. The zero-order valence-electron chi connectivity index (χ0n) is 12.4. The third-order valence-electron chi connectivity index (χ3n) is 3.78. The van der Waals surface area contributed by atoms with Gasteiger partial charge in [0.1, 0.15) is 0 Å². The summed E-state index contributed by atoms with van der Waals surface area (Å²) in [7, 11) is 0. The Balaban J connectivity index is 2.08. The van der Waals surface area contributed by atoms with Gasteiger partial charge in [-0.1, -0.05) is 29.8 Å². The average molecular weight is 303 g/mol. The highest BCUT2D eigenvalue weighted by Crippen LogP contribution is 2.33. The van der Waals surface area contributed by atoms with E-state index in [0.717, 1.165) is 22.3 Å². The number of nitrogens with zero attached hydrogens (tertiary/aromatic N) is 4. The van der Waals surface area contributed by atoms with Crippen LogP contribution >= 0.6 is 0 Å². The Kier molecular flexibility index (Phi) is 3.01. The molecule has 0 unspecified atom stereocenters. The summed E-state index contributed by atoms with van der Waals surface area (Å²) in [5.41, 5.74) is 5.05. The number of H-pyrrole nitrogens is 1. The molecule has 3 aromatic heterocycles. The monoisotopic (exact) mass is 303 g/mol. The minimum atomic E-state index is -0.356. The van der Waals surface area contributed by atoms with Crippen molar-refractivity contribution in [3.05, 3.63) is 71.0 Å². The van der Waals surface area contributed by atoms with E-state index >= 15 is 0 Å². The molecule has 1 aromatic carbocycles. The number of nitrogens with one attached hydrogen (secondary N) is 1. The van der Waals surface area contributed by atoms with E-state index in [1.54, 1.807) is 18.6 Å². The molecular formula is C17H13N5O. The van der Waals surface area contributed by atoms with E-state index in [9.17, 15) is 4.79 Å². The minimum Gasteiger partial charge on any atom is -0.265 e. The van der Waals surface area contributed by atoms with Crippen molar-refractivity contribution in [2.75, 3.05) is 0 Å². The van der Waals surface area contributed by atoms with Gasteiger partial charge in [-0.25, -0.2) is 9.89 Å². The molecule has 0 aliphatic heterocycles. The predicted octanol–water partition coefficient (Wildman–Crippen LogP) is 2.46. The summed E-state index contributed by atoms with van der Waals surface area (Å²) in [4.78, 5) is 15.9. The van der Waals surface area contributed by atoms with Crippen LogP contribution in [0.4, 0.5) is 0 Å². The Bertz CT molecular complexity index is 1030. The number of hydrogen-bond donors (Lipinski definition) is 1. The van der Waals surface area contributed by atoms with Gasteiger partial charge in [0.25, 0.3) is 0 Å². The van der Waals surface area contributed by atoms with E-state index in [1.807, 2.05) is 43.3 Å². The smallest absolute Gasteiger partial charge is 0.265 e. The minimum absolute atomic E-state index is 0.356. The van der Waals surface area contributed by atoms with E-state index in [1.165, 1.54) is 10.1 Å². The number of rotatable bonds is 2. The van der Waals surface area contributed by atoms with Gasteiger partial charge >= 0.3 is 5.69 Å². The molecule has 4 aromatic rings. The molecule has 4 rings (SSSR count). The fourth-order valence-corrected chi connectivity index (χ4v) is 2.62. The standard InChI is InChI=1S/C17H13N5O/c1-11-2-4-12(5-3-11)14-10-19-22-16(20-21-17(22)23)15(14)13-6-8-18-9-7-13/h2-10H,1H3,(H,21,23). The molecular weight excluding hydrogens is 290 g/mol. The first-order valence-electron chi connectivity index (χ1n) is 7.18. The third kappa shape index (κ3) is 2.20. The SMILES string of the molecule is Cc1ccc(-c2cnn3c(=O)[nH]nc3c2-c2ccncc2)cc1. The summed E-state index contributed by atoms with van der Waals surface area (Å²) < 4.78 is 1.27. The maximum atomic E-state index is 11.8. The van der Waals surface area contributed by atoms with Gasteiger partial charge in [0.05, 0.1) is 6.20 Å². The first-order chi connectivity index (χ1) is 11.2. The van der Waals surface area contributed by atoms with Crippen molar-refractivity contribution >= 4 is 5.65 Å². The molecule has 0 aliphatic carbocycles. The highest BCUT2D eigenvalue weighted by molar-refractivity contribution is 5.90. The number of pyridine rings is 1. The van der Waals surface area contributed by atoms with Crippen molar-refractivity contribution in [2.45, 2.75) is 6.92 Å². The zero-order valence-corrected chi connectivity index (χ0v) is 12.4. The second-order valence-corrected chi connectivity index (χ2v) is 5.30. The van der Waals surface area contributed by atoms with Crippen molar-refractivity contribution in [3.8, 4) is 22.3 Å². The lowest BCUT2D eigenvalue weighted by Crippen LogP contribution is -2.12. The topological polar surface area (TPSA) is 75.9 Å². The number of benzene rings is 1. The van der Waals surface area contributed by atoms with E-state index < -0.39 is 0 Å². The molecule has 0 saturated carbocycles. The van der Waals surface area contributed by atoms with Gasteiger partial charge in [-0.15, -0.1) is 0 Å². The molecule has 112 valence electrons. The quantitative estimate of drug-likeness (QED) is 0.617. The molecule has 0 atom stereocenters. The lowest BCUT2D eigenvalue weighted by molar-refractivity contribution is 0.881. The summed E-state index contributed by atoms with van der Waals surface area (Å²) in [5.74, 6) is 0. The molecule has 0 radical (unpaired) electrons. The van der Waals surface area contributed by atoms with Gasteiger partial charge in [0, 0.05) is 23.5 Å². The second kappa shape index (κ2) is 5.17. The number of aromatic nitrogens is 5. The van der Waals surface area contributed by atoms with Gasteiger partial charge in [-0.3, -0.25) is 4.98 Å². The molecule has 0 spiro atoms. The second-order valence-electron chi connectivity index (χ2n) is 5.30. The Morgan fingerprint density at radius 1 is 1.00 bits per heavy atom. The van der Waals surface area contributed by atoms with Gasteiger partial charge < -0.3 is 0 Å². The van der Waals surface area contributed by atoms with Crippen molar-refractivity contribution in [2.24, 2.45) is 0 Å². The Morgan fingerprint density at radius 3 is 2.48 bits per heavy atom. The maximum Gasteiger partial charge on any atom is 0.364 e. The lowest BCUT2D eigenvalue weighted by atomic mass is 9.97. The number of fused-ring (bicyclic) bond motifs is 1. The van der Waals surface area contributed by atoms with Crippen LogP contribution in [0.15, 0.2) is 59.8 Å².